The molecule has 0 heterocycles. The van der Waals surface area contributed by atoms with Crippen molar-refractivity contribution >= 4 is 0 Å². The van der Waals surface area contributed by atoms with Crippen LogP contribution in [0.25, 0.3) is 0 Å². The predicted octanol–water partition coefficient (Wildman–Crippen LogP) is 8.09. The van der Waals surface area contributed by atoms with E-state index in [4.69, 9.17) is 4.74 Å². The molecule has 35 heavy (non-hydrogen) atoms. The number of halogens is 6. The third-order valence-corrected chi connectivity index (χ3v) is 7.86. The van der Waals surface area contributed by atoms with Crippen LogP contribution in [0.3, 0.4) is 0 Å². The number of hydrogen-bond donors (Lipinski definition) is 1. The lowest BCUT2D eigenvalue weighted by atomic mass is 9.57. The van der Waals surface area contributed by atoms with E-state index in [9.17, 15) is 31.4 Å². The van der Waals surface area contributed by atoms with Gasteiger partial charge in [-0.15, -0.1) is 0 Å². The smallest absolute Gasteiger partial charge is 0.390 e. The Bertz CT molecular complexity index is 965. The Morgan fingerprint density at radius 2 is 1.34 bits per heavy atom. The molecule has 3 rings (SSSR count). The minimum atomic E-state index is -4.91. The first-order valence-electron chi connectivity index (χ1n) is 11.7. The fourth-order valence-electron chi connectivity index (χ4n) is 4.79. The van der Waals surface area contributed by atoms with Gasteiger partial charge in [0.15, 0.2) is 0 Å². The minimum absolute atomic E-state index is 0.125. The van der Waals surface area contributed by atoms with E-state index in [0.29, 0.717) is 25.7 Å². The van der Waals surface area contributed by atoms with Gasteiger partial charge in [-0.3, -0.25) is 0 Å². The zero-order valence-electron chi connectivity index (χ0n) is 20.4. The van der Waals surface area contributed by atoms with Crippen LogP contribution in [0.1, 0.15) is 81.7 Å². The van der Waals surface area contributed by atoms with Gasteiger partial charge in [0.25, 0.3) is 0 Å². The Morgan fingerprint density at radius 1 is 0.857 bits per heavy atom. The highest BCUT2D eigenvalue weighted by Crippen LogP contribution is 2.52. The van der Waals surface area contributed by atoms with Gasteiger partial charge in [0.2, 0.25) is 0 Å². The van der Waals surface area contributed by atoms with Gasteiger partial charge in [0.1, 0.15) is 0 Å². The Kier molecular flexibility index (Phi) is 7.42. The van der Waals surface area contributed by atoms with Crippen molar-refractivity contribution in [3.05, 3.63) is 70.8 Å². The van der Waals surface area contributed by atoms with E-state index in [1.54, 1.807) is 13.8 Å². The zero-order valence-corrected chi connectivity index (χ0v) is 20.4. The van der Waals surface area contributed by atoms with Crippen molar-refractivity contribution in [2.75, 3.05) is 6.61 Å². The highest BCUT2D eigenvalue weighted by atomic mass is 19.4. The molecule has 194 valence electrons. The molecule has 0 saturated heterocycles. The summed E-state index contributed by atoms with van der Waals surface area (Å²) in [5.74, 6) is 0. The third kappa shape index (κ3) is 6.02. The predicted molar refractivity (Wildman–Crippen MR) is 122 cm³/mol. The summed E-state index contributed by atoms with van der Waals surface area (Å²) in [6.45, 7) is 7.21. The third-order valence-electron chi connectivity index (χ3n) is 7.86. The number of hydrogen-bond acceptors (Lipinski definition) is 2. The van der Waals surface area contributed by atoms with E-state index in [0.717, 1.165) is 17.7 Å². The van der Waals surface area contributed by atoms with E-state index < -0.39 is 40.6 Å². The van der Waals surface area contributed by atoms with Crippen molar-refractivity contribution in [1.29, 1.82) is 0 Å². The van der Waals surface area contributed by atoms with Crippen LogP contribution in [0.2, 0.25) is 0 Å². The fourth-order valence-corrected chi connectivity index (χ4v) is 4.79. The van der Waals surface area contributed by atoms with Crippen molar-refractivity contribution < 1.29 is 36.2 Å². The first-order valence-corrected chi connectivity index (χ1v) is 11.7. The van der Waals surface area contributed by atoms with Crippen molar-refractivity contribution in [3.63, 3.8) is 0 Å². The van der Waals surface area contributed by atoms with Gasteiger partial charge in [0, 0.05) is 5.41 Å². The molecule has 0 radical (unpaired) electrons. The Hall–Kier alpha value is -2.06. The van der Waals surface area contributed by atoms with Crippen molar-refractivity contribution in [3.8, 4) is 0 Å². The fraction of sp³-hybridized carbons (Fsp3) is 0.556. The zero-order chi connectivity index (χ0) is 26.3. The van der Waals surface area contributed by atoms with Crippen LogP contribution >= 0.6 is 0 Å². The second-order valence-electron chi connectivity index (χ2n) is 10.6. The summed E-state index contributed by atoms with van der Waals surface area (Å²) in [7, 11) is 0. The molecule has 0 spiro atoms. The molecule has 1 saturated carbocycles. The van der Waals surface area contributed by atoms with Gasteiger partial charge in [-0.05, 0) is 81.2 Å². The number of alkyl halides is 6. The van der Waals surface area contributed by atoms with Crippen LogP contribution in [-0.2, 0) is 22.5 Å². The summed E-state index contributed by atoms with van der Waals surface area (Å²) < 4.78 is 85.8. The molecule has 0 bridgehead atoms. The molecule has 1 fully saturated rings. The molecule has 1 aliphatic carbocycles. The van der Waals surface area contributed by atoms with Crippen LogP contribution in [0.5, 0.6) is 0 Å². The molecule has 2 nitrogen and oxygen atoms in total. The second-order valence-corrected chi connectivity index (χ2v) is 10.6. The summed E-state index contributed by atoms with van der Waals surface area (Å²) in [6, 6.07) is 11.2. The highest BCUT2D eigenvalue weighted by Gasteiger charge is 2.48. The van der Waals surface area contributed by atoms with Gasteiger partial charge in [-0.1, -0.05) is 37.3 Å². The maximum atomic E-state index is 13.3. The van der Waals surface area contributed by atoms with E-state index in [2.05, 4.69) is 0 Å². The van der Waals surface area contributed by atoms with Gasteiger partial charge in [-0.25, -0.2) is 0 Å². The van der Waals surface area contributed by atoms with Gasteiger partial charge >= 0.3 is 12.4 Å². The number of rotatable bonds is 6. The summed E-state index contributed by atoms with van der Waals surface area (Å²) >= 11 is 0. The Morgan fingerprint density at radius 3 is 1.77 bits per heavy atom. The van der Waals surface area contributed by atoms with E-state index >= 15 is 0 Å². The Labute approximate surface area is 202 Å². The normalized spacial score (nSPS) is 24.9. The topological polar surface area (TPSA) is 29.5 Å². The largest absolute Gasteiger partial charge is 0.416 e. The summed E-state index contributed by atoms with van der Waals surface area (Å²) in [5, 5.41) is 10.7. The lowest BCUT2D eigenvalue weighted by Gasteiger charge is -2.50. The molecule has 1 aliphatic rings. The molecule has 0 aliphatic heterocycles. The maximum Gasteiger partial charge on any atom is 0.416 e. The molecular weight excluding hydrogens is 470 g/mol. The van der Waals surface area contributed by atoms with E-state index in [1.807, 2.05) is 37.3 Å². The Balaban J connectivity index is 1.89. The molecule has 0 aromatic heterocycles. The van der Waals surface area contributed by atoms with Crippen LogP contribution in [0.15, 0.2) is 48.5 Å². The first-order chi connectivity index (χ1) is 16.0. The summed E-state index contributed by atoms with van der Waals surface area (Å²) in [5.41, 5.74) is -3.55. The second kappa shape index (κ2) is 9.43. The quantitative estimate of drug-likeness (QED) is 0.405. The van der Waals surface area contributed by atoms with Crippen LogP contribution in [0, 0.1) is 5.41 Å². The monoisotopic (exact) mass is 502 g/mol. The van der Waals surface area contributed by atoms with Crippen LogP contribution in [0.4, 0.5) is 26.3 Å². The molecular formula is C27H32F6O2. The van der Waals surface area contributed by atoms with Gasteiger partial charge in [-0.2, -0.15) is 26.3 Å². The van der Waals surface area contributed by atoms with E-state index in [-0.39, 0.29) is 23.7 Å². The number of aliphatic hydroxyl groups is 1. The van der Waals surface area contributed by atoms with E-state index in [1.165, 1.54) is 6.92 Å². The van der Waals surface area contributed by atoms with Crippen LogP contribution < -0.4 is 0 Å². The van der Waals surface area contributed by atoms with Gasteiger partial charge in [0.05, 0.1) is 29.4 Å². The number of ether oxygens (including phenoxy) is 1. The average Bonchev–Trinajstić information content (AvgIpc) is 2.77. The highest BCUT2D eigenvalue weighted by molar-refractivity contribution is 5.35. The molecule has 1 N–H and O–H groups in total. The molecule has 2 aromatic carbocycles. The molecule has 2 aromatic rings. The average molecular weight is 503 g/mol. The standard InChI is InChI=1S/C27H32F6O2/c1-18(19-14-21(26(28,29)30)16-22(15-19)27(31,32)33)35-17-25(20-8-6-5-7-9-20)12-10-24(4,11-13-25)23(2,3)34/h5-9,14-16,18,34H,10-13,17H2,1-4H3/t18-,24?,25?/m1/s1. The SMILES string of the molecule is C[C@@H](OCC1(c2ccccc2)CCC(C)(C(C)(C)O)CC1)c1cc(C(F)(F)F)cc(C(F)(F)F)c1. The van der Waals surface area contributed by atoms with Crippen molar-refractivity contribution in [2.24, 2.45) is 5.41 Å². The summed E-state index contributed by atoms with van der Waals surface area (Å²) in [6.07, 6.45) is -8.07. The lowest BCUT2D eigenvalue weighted by Crippen LogP contribution is -2.48. The van der Waals surface area contributed by atoms with Gasteiger partial charge < -0.3 is 9.84 Å². The lowest BCUT2D eigenvalue weighted by molar-refractivity contribution is -0.143. The molecule has 0 unspecified atom stereocenters. The molecule has 8 heteroatoms. The molecule has 0 amide bonds. The summed E-state index contributed by atoms with van der Waals surface area (Å²) in [4.78, 5) is 0. The first kappa shape index (κ1) is 27.5. The number of benzene rings is 2. The van der Waals surface area contributed by atoms with Crippen molar-refractivity contribution in [1.82, 2.24) is 0 Å². The minimum Gasteiger partial charge on any atom is -0.390 e. The maximum absolute atomic E-state index is 13.3. The van der Waals surface area contributed by atoms with Crippen LogP contribution in [-0.4, -0.2) is 17.3 Å². The van der Waals surface area contributed by atoms with Crippen molar-refractivity contribution in [2.45, 2.75) is 82.9 Å². The molecule has 1 atom stereocenters.